The van der Waals surface area contributed by atoms with Crippen LogP contribution in [0, 0.1) is 18.3 Å². The Morgan fingerprint density at radius 2 is 2.25 bits per heavy atom. The minimum absolute atomic E-state index is 0.313. The second kappa shape index (κ2) is 4.55. The third-order valence-corrected chi connectivity index (χ3v) is 2.89. The molecule has 0 aliphatic heterocycles. The molecule has 0 saturated carbocycles. The summed E-state index contributed by atoms with van der Waals surface area (Å²) < 4.78 is 7.52. The average Bonchev–Trinajstić information content (AvgIpc) is 2.89. The molecule has 0 aliphatic rings. The number of nitriles is 1. The van der Waals surface area contributed by atoms with Crippen LogP contribution in [-0.2, 0) is 0 Å². The third kappa shape index (κ3) is 2.01. The first-order valence-corrected chi connectivity index (χ1v) is 5.95. The van der Waals surface area contributed by atoms with Gasteiger partial charge in [-0.2, -0.15) is 10.2 Å². The molecule has 20 heavy (non-hydrogen) atoms. The molecule has 0 amide bonds. The lowest BCUT2D eigenvalue weighted by atomic mass is 10.1. The van der Waals surface area contributed by atoms with E-state index >= 15 is 0 Å². The molecule has 0 radical (unpaired) electrons. The van der Waals surface area contributed by atoms with Crippen LogP contribution in [0.25, 0.3) is 5.65 Å². The van der Waals surface area contributed by atoms with E-state index in [0.717, 1.165) is 5.56 Å². The first-order valence-electron chi connectivity index (χ1n) is 5.95. The van der Waals surface area contributed by atoms with Crippen molar-refractivity contribution >= 4 is 11.5 Å². The average molecular weight is 265 g/mol. The van der Waals surface area contributed by atoms with Crippen LogP contribution in [0.2, 0.25) is 0 Å². The van der Waals surface area contributed by atoms with Gasteiger partial charge < -0.3 is 10.5 Å². The minimum Gasteiger partial charge on any atom is -0.436 e. The molecule has 2 N–H and O–H groups in total. The van der Waals surface area contributed by atoms with Crippen LogP contribution in [-0.4, -0.2) is 14.4 Å². The van der Waals surface area contributed by atoms with Crippen molar-refractivity contribution in [2.24, 2.45) is 0 Å². The lowest BCUT2D eigenvalue weighted by molar-refractivity contribution is 0.462. The lowest BCUT2D eigenvalue weighted by Crippen LogP contribution is -1.99. The van der Waals surface area contributed by atoms with E-state index in [2.05, 4.69) is 16.0 Å². The van der Waals surface area contributed by atoms with E-state index in [1.807, 2.05) is 13.0 Å². The van der Waals surface area contributed by atoms with Crippen molar-refractivity contribution < 1.29 is 4.74 Å². The predicted octanol–water partition coefficient (Wildman–Crippen LogP) is 2.28. The molecular formula is C14H11N5O. The standard InChI is InChI=1S/C14H11N5O/c1-9-2-3-10(7-15)6-11(9)20-14-13-17-4-5-19(13)8-12(16)18-14/h2-6,8H,16H2,1H3. The molecule has 98 valence electrons. The molecular weight excluding hydrogens is 254 g/mol. The molecule has 6 nitrogen and oxygen atoms in total. The fraction of sp³-hybridized carbons (Fsp3) is 0.0714. The molecule has 0 aliphatic carbocycles. The highest BCUT2D eigenvalue weighted by Crippen LogP contribution is 2.27. The van der Waals surface area contributed by atoms with Crippen LogP contribution in [0.3, 0.4) is 0 Å². The van der Waals surface area contributed by atoms with Crippen LogP contribution in [0.4, 0.5) is 5.82 Å². The Kier molecular flexibility index (Phi) is 2.73. The van der Waals surface area contributed by atoms with Gasteiger partial charge >= 0.3 is 0 Å². The number of anilines is 1. The van der Waals surface area contributed by atoms with Gasteiger partial charge in [-0.05, 0) is 24.6 Å². The fourth-order valence-electron chi connectivity index (χ4n) is 1.87. The summed E-state index contributed by atoms with van der Waals surface area (Å²) in [7, 11) is 0. The van der Waals surface area contributed by atoms with Crippen molar-refractivity contribution in [3.05, 3.63) is 47.9 Å². The van der Waals surface area contributed by atoms with E-state index in [9.17, 15) is 0 Å². The van der Waals surface area contributed by atoms with Gasteiger partial charge in [0, 0.05) is 12.4 Å². The Balaban J connectivity index is 2.09. The maximum atomic E-state index is 8.94. The zero-order chi connectivity index (χ0) is 14.1. The number of nitrogens with zero attached hydrogens (tertiary/aromatic N) is 4. The van der Waals surface area contributed by atoms with Crippen molar-refractivity contribution in [1.82, 2.24) is 14.4 Å². The first kappa shape index (κ1) is 12.0. The Bertz CT molecular complexity index is 831. The van der Waals surface area contributed by atoms with E-state index in [1.54, 1.807) is 35.1 Å². The molecule has 0 saturated heterocycles. The van der Waals surface area contributed by atoms with Gasteiger partial charge in [-0.1, -0.05) is 6.07 Å². The smallest absolute Gasteiger partial charge is 0.265 e. The Morgan fingerprint density at radius 3 is 3.05 bits per heavy atom. The number of aryl methyl sites for hydroxylation is 1. The monoisotopic (exact) mass is 265 g/mol. The van der Waals surface area contributed by atoms with Gasteiger partial charge in [-0.15, -0.1) is 0 Å². The first-order chi connectivity index (χ1) is 9.67. The van der Waals surface area contributed by atoms with E-state index in [0.29, 0.717) is 28.7 Å². The molecule has 1 aromatic carbocycles. The second-order valence-electron chi connectivity index (χ2n) is 4.32. The summed E-state index contributed by atoms with van der Waals surface area (Å²) in [6.45, 7) is 1.89. The highest BCUT2D eigenvalue weighted by Gasteiger charge is 2.10. The van der Waals surface area contributed by atoms with Crippen LogP contribution in [0.1, 0.15) is 11.1 Å². The lowest BCUT2D eigenvalue weighted by Gasteiger charge is -2.09. The van der Waals surface area contributed by atoms with Crippen molar-refractivity contribution in [3.63, 3.8) is 0 Å². The summed E-state index contributed by atoms with van der Waals surface area (Å²) in [5.41, 5.74) is 7.73. The molecule has 3 aromatic rings. The quantitative estimate of drug-likeness (QED) is 0.767. The van der Waals surface area contributed by atoms with E-state index in [1.165, 1.54) is 0 Å². The molecule has 3 rings (SSSR count). The van der Waals surface area contributed by atoms with Gasteiger partial charge in [0.25, 0.3) is 5.88 Å². The summed E-state index contributed by atoms with van der Waals surface area (Å²) in [6, 6.07) is 7.30. The Hall–Kier alpha value is -3.07. The fourth-order valence-corrected chi connectivity index (χ4v) is 1.87. The summed E-state index contributed by atoms with van der Waals surface area (Å²) in [5.74, 6) is 1.21. The summed E-state index contributed by atoms with van der Waals surface area (Å²) >= 11 is 0. The van der Waals surface area contributed by atoms with Crippen LogP contribution >= 0.6 is 0 Å². The number of nitrogens with two attached hydrogens (primary N) is 1. The number of aromatic nitrogens is 3. The molecule has 0 bridgehead atoms. The summed E-state index contributed by atoms with van der Waals surface area (Å²) in [6.07, 6.45) is 5.06. The van der Waals surface area contributed by atoms with Crippen molar-refractivity contribution in [2.45, 2.75) is 6.92 Å². The molecule has 2 heterocycles. The van der Waals surface area contributed by atoms with Crippen molar-refractivity contribution in [2.75, 3.05) is 5.73 Å². The minimum atomic E-state index is 0.313. The van der Waals surface area contributed by atoms with Gasteiger partial charge in [0.05, 0.1) is 17.8 Å². The van der Waals surface area contributed by atoms with E-state index in [4.69, 9.17) is 15.7 Å². The number of hydrogen-bond acceptors (Lipinski definition) is 5. The van der Waals surface area contributed by atoms with E-state index in [-0.39, 0.29) is 0 Å². The zero-order valence-electron chi connectivity index (χ0n) is 10.7. The summed E-state index contributed by atoms with van der Waals surface area (Å²) in [5, 5.41) is 8.94. The van der Waals surface area contributed by atoms with Crippen molar-refractivity contribution in [3.8, 4) is 17.7 Å². The molecule has 0 unspecified atom stereocenters. The molecule has 0 fully saturated rings. The molecule has 2 aromatic heterocycles. The molecule has 0 spiro atoms. The Morgan fingerprint density at radius 1 is 1.40 bits per heavy atom. The number of fused-ring (bicyclic) bond motifs is 1. The number of hydrogen-bond donors (Lipinski definition) is 1. The number of rotatable bonds is 2. The van der Waals surface area contributed by atoms with Crippen LogP contribution in [0.15, 0.2) is 36.8 Å². The van der Waals surface area contributed by atoms with Crippen LogP contribution < -0.4 is 10.5 Å². The maximum absolute atomic E-state index is 8.94. The topological polar surface area (TPSA) is 89.2 Å². The SMILES string of the molecule is Cc1ccc(C#N)cc1Oc1nc(N)cn2ccnc12. The van der Waals surface area contributed by atoms with Gasteiger partial charge in [0.2, 0.25) is 5.65 Å². The Labute approximate surface area is 115 Å². The zero-order valence-corrected chi connectivity index (χ0v) is 10.7. The summed E-state index contributed by atoms with van der Waals surface area (Å²) in [4.78, 5) is 8.34. The highest BCUT2D eigenvalue weighted by atomic mass is 16.5. The number of benzene rings is 1. The maximum Gasteiger partial charge on any atom is 0.265 e. The largest absolute Gasteiger partial charge is 0.436 e. The van der Waals surface area contributed by atoms with Gasteiger partial charge in [0.1, 0.15) is 11.6 Å². The number of nitrogen functional groups attached to an aromatic ring is 1. The van der Waals surface area contributed by atoms with Crippen molar-refractivity contribution in [1.29, 1.82) is 5.26 Å². The molecule has 0 atom stereocenters. The normalized spacial score (nSPS) is 10.4. The molecule has 6 heteroatoms. The highest BCUT2D eigenvalue weighted by molar-refractivity contribution is 5.55. The van der Waals surface area contributed by atoms with Gasteiger partial charge in [-0.3, -0.25) is 4.40 Å². The number of imidazole rings is 1. The number of ether oxygens (including phenoxy) is 1. The second-order valence-corrected chi connectivity index (χ2v) is 4.32. The third-order valence-electron chi connectivity index (χ3n) is 2.89. The predicted molar refractivity (Wildman–Crippen MR) is 73.4 cm³/mol. The van der Waals surface area contributed by atoms with Gasteiger partial charge in [-0.25, -0.2) is 4.98 Å². The van der Waals surface area contributed by atoms with Crippen LogP contribution in [0.5, 0.6) is 11.6 Å². The van der Waals surface area contributed by atoms with E-state index < -0.39 is 0 Å². The van der Waals surface area contributed by atoms with Gasteiger partial charge in [0.15, 0.2) is 0 Å².